The summed E-state index contributed by atoms with van der Waals surface area (Å²) in [4.78, 5) is 41.0. The molecule has 1 aromatic rings. The van der Waals surface area contributed by atoms with Crippen LogP contribution in [0.25, 0.3) is 0 Å². The number of fused-ring (bicyclic) bond motifs is 1. The van der Waals surface area contributed by atoms with Crippen molar-refractivity contribution in [3.8, 4) is 0 Å². The Hall–Kier alpha value is -2.51. The maximum atomic E-state index is 13.3. The van der Waals surface area contributed by atoms with Crippen molar-refractivity contribution in [1.82, 2.24) is 9.80 Å². The lowest BCUT2D eigenvalue weighted by molar-refractivity contribution is -0.138. The molecule has 3 heterocycles. The fraction of sp³-hybridized carbons (Fsp3) is 0.593. The van der Waals surface area contributed by atoms with Crippen molar-refractivity contribution in [1.29, 1.82) is 0 Å². The van der Waals surface area contributed by atoms with Gasteiger partial charge >= 0.3 is 5.97 Å². The molecule has 7 nitrogen and oxygen atoms in total. The third-order valence-corrected chi connectivity index (χ3v) is 8.06. The third kappa shape index (κ3) is 4.09. The summed E-state index contributed by atoms with van der Waals surface area (Å²) in [5.41, 5.74) is 4.72. The molecule has 2 saturated heterocycles. The van der Waals surface area contributed by atoms with Crippen LogP contribution in [0.15, 0.2) is 23.4 Å². The molecule has 0 aromatic heterocycles. The Labute approximate surface area is 201 Å². The van der Waals surface area contributed by atoms with Crippen LogP contribution in [0.1, 0.15) is 79.6 Å². The van der Waals surface area contributed by atoms with Gasteiger partial charge in [0.05, 0.1) is 22.8 Å². The first-order valence-electron chi connectivity index (χ1n) is 12.6. The highest BCUT2D eigenvalue weighted by atomic mass is 16.5. The van der Waals surface area contributed by atoms with Crippen molar-refractivity contribution in [2.45, 2.75) is 65.9 Å². The molecule has 0 saturated carbocycles. The lowest BCUT2D eigenvalue weighted by atomic mass is 9.77. The Morgan fingerprint density at radius 2 is 1.71 bits per heavy atom. The minimum atomic E-state index is -0.615. The molecule has 1 aromatic carbocycles. The lowest BCUT2D eigenvalue weighted by Gasteiger charge is -2.38. The van der Waals surface area contributed by atoms with E-state index in [9.17, 15) is 19.5 Å². The zero-order valence-corrected chi connectivity index (χ0v) is 20.8. The number of rotatable bonds is 4. The summed E-state index contributed by atoms with van der Waals surface area (Å²) in [5, 5.41) is 10.9. The third-order valence-electron chi connectivity index (χ3n) is 8.06. The number of aliphatic hydroxyl groups excluding tert-OH is 1. The summed E-state index contributed by atoms with van der Waals surface area (Å²) in [5.74, 6) is -0.0199. The molecule has 0 unspecified atom stereocenters. The summed E-state index contributed by atoms with van der Waals surface area (Å²) in [6.45, 7) is 10.6. The van der Waals surface area contributed by atoms with E-state index in [1.165, 1.54) is 0 Å². The van der Waals surface area contributed by atoms with Crippen molar-refractivity contribution in [3.05, 3.63) is 45.7 Å². The van der Waals surface area contributed by atoms with Crippen LogP contribution in [0, 0.1) is 12.3 Å². The molecule has 1 spiro atoms. The largest absolute Gasteiger partial charge is 0.456 e. The summed E-state index contributed by atoms with van der Waals surface area (Å²) in [6.07, 6.45) is 3.02. The molecule has 0 radical (unpaired) electrons. The highest BCUT2D eigenvalue weighted by Crippen LogP contribution is 2.44. The summed E-state index contributed by atoms with van der Waals surface area (Å²) < 4.78 is 5.10. The fourth-order valence-corrected chi connectivity index (χ4v) is 5.89. The smallest absolute Gasteiger partial charge is 0.336 e. The number of aliphatic hydroxyl groups is 1. The van der Waals surface area contributed by atoms with Crippen LogP contribution in [0.2, 0.25) is 0 Å². The SMILES string of the molecule is CC.CC1=C(N2CCC3(CCN(C[C@@H](O)c4ccc5c(c4C)CCC5=O)CC3)C2=O)COC1=O. The highest BCUT2D eigenvalue weighted by Gasteiger charge is 2.50. The number of carbonyl (C=O) groups is 3. The standard InChI is InChI=1S/C25H30N2O5.C2H6/c1-15-17-5-6-21(28)19(17)4-3-18(15)22(29)13-26-10-7-25(8-11-26)9-12-27(24(25)31)20-14-32-23(30)16(20)2;1-2/h3-4,22,29H,5-14H2,1-2H3;1-2H3/t22-;/m1./s1. The number of esters is 1. The molecule has 7 heteroatoms. The predicted molar refractivity (Wildman–Crippen MR) is 128 cm³/mol. The van der Waals surface area contributed by atoms with E-state index in [-0.39, 0.29) is 29.7 Å². The van der Waals surface area contributed by atoms with Gasteiger partial charge in [0.2, 0.25) is 5.91 Å². The predicted octanol–water partition coefficient (Wildman–Crippen LogP) is 3.33. The molecule has 3 aliphatic heterocycles. The first-order chi connectivity index (χ1) is 16.3. The highest BCUT2D eigenvalue weighted by molar-refractivity contribution is 6.01. The second kappa shape index (κ2) is 9.62. The number of hydrogen-bond donors (Lipinski definition) is 1. The number of ketones is 1. The topological polar surface area (TPSA) is 87.2 Å². The van der Waals surface area contributed by atoms with Crippen LogP contribution in [-0.4, -0.2) is 65.4 Å². The van der Waals surface area contributed by atoms with E-state index in [1.54, 1.807) is 11.8 Å². The fourth-order valence-electron chi connectivity index (χ4n) is 5.89. The molecule has 2 fully saturated rings. The van der Waals surface area contributed by atoms with E-state index in [4.69, 9.17) is 4.74 Å². The molecular weight excluding hydrogens is 432 g/mol. The van der Waals surface area contributed by atoms with E-state index < -0.39 is 6.10 Å². The van der Waals surface area contributed by atoms with Crippen LogP contribution in [-0.2, 0) is 20.7 Å². The number of β-amino-alcohol motifs (C(OH)–C–C–N with tert-alkyl or cyclic N) is 1. The van der Waals surface area contributed by atoms with Gasteiger partial charge < -0.3 is 19.6 Å². The normalized spacial score (nSPS) is 22.7. The van der Waals surface area contributed by atoms with Gasteiger partial charge in [0, 0.05) is 25.1 Å². The summed E-state index contributed by atoms with van der Waals surface area (Å²) in [6, 6.07) is 3.76. The van der Waals surface area contributed by atoms with E-state index in [2.05, 4.69) is 4.90 Å². The van der Waals surface area contributed by atoms with Crippen molar-refractivity contribution in [2.75, 3.05) is 32.8 Å². The van der Waals surface area contributed by atoms with Crippen LogP contribution in [0.4, 0.5) is 0 Å². The molecule has 1 aliphatic carbocycles. The van der Waals surface area contributed by atoms with Crippen LogP contribution in [0.5, 0.6) is 0 Å². The van der Waals surface area contributed by atoms with Crippen molar-refractivity contribution >= 4 is 17.7 Å². The van der Waals surface area contributed by atoms with Crippen LogP contribution in [0.3, 0.4) is 0 Å². The van der Waals surface area contributed by atoms with Crippen molar-refractivity contribution in [2.24, 2.45) is 5.41 Å². The number of amides is 1. The summed E-state index contributed by atoms with van der Waals surface area (Å²) >= 11 is 0. The minimum Gasteiger partial charge on any atom is -0.456 e. The summed E-state index contributed by atoms with van der Waals surface area (Å²) in [7, 11) is 0. The second-order valence-corrected chi connectivity index (χ2v) is 9.68. The molecule has 1 N–H and O–H groups in total. The van der Waals surface area contributed by atoms with Gasteiger partial charge in [-0.15, -0.1) is 0 Å². The van der Waals surface area contributed by atoms with Gasteiger partial charge in [-0.3, -0.25) is 9.59 Å². The van der Waals surface area contributed by atoms with Crippen molar-refractivity contribution in [3.63, 3.8) is 0 Å². The van der Waals surface area contributed by atoms with Crippen molar-refractivity contribution < 1.29 is 24.2 Å². The number of piperidine rings is 1. The van der Waals surface area contributed by atoms with E-state index in [1.807, 2.05) is 32.9 Å². The Morgan fingerprint density at radius 3 is 2.35 bits per heavy atom. The van der Waals surface area contributed by atoms with Gasteiger partial charge in [-0.25, -0.2) is 4.79 Å². The van der Waals surface area contributed by atoms with Gasteiger partial charge in [0.15, 0.2) is 5.78 Å². The Balaban J connectivity index is 0.00000133. The molecule has 5 rings (SSSR count). The maximum absolute atomic E-state index is 13.3. The molecule has 184 valence electrons. The van der Waals surface area contributed by atoms with Gasteiger partial charge in [0.25, 0.3) is 0 Å². The number of Topliss-reactive ketones (excluding diaryl/α,β-unsaturated/α-hetero) is 1. The Kier molecular flexibility index (Phi) is 6.97. The van der Waals surface area contributed by atoms with E-state index >= 15 is 0 Å². The monoisotopic (exact) mass is 468 g/mol. The minimum absolute atomic E-state index is 0.115. The lowest BCUT2D eigenvalue weighted by Crippen LogP contribution is -2.45. The zero-order chi connectivity index (χ0) is 24.6. The zero-order valence-electron chi connectivity index (χ0n) is 20.8. The number of benzene rings is 1. The first-order valence-corrected chi connectivity index (χ1v) is 12.6. The second-order valence-electron chi connectivity index (χ2n) is 9.68. The maximum Gasteiger partial charge on any atom is 0.336 e. The van der Waals surface area contributed by atoms with E-state index in [0.717, 1.165) is 66.7 Å². The average Bonchev–Trinajstić information content (AvgIpc) is 3.48. The van der Waals surface area contributed by atoms with Gasteiger partial charge in [0.1, 0.15) is 6.61 Å². The molecular formula is C27H36N2O5. The Morgan fingerprint density at radius 1 is 1.03 bits per heavy atom. The van der Waals surface area contributed by atoms with Gasteiger partial charge in [-0.1, -0.05) is 26.0 Å². The quantitative estimate of drug-likeness (QED) is 0.682. The number of cyclic esters (lactones) is 1. The number of ether oxygens (including phenoxy) is 1. The number of hydrogen-bond acceptors (Lipinski definition) is 6. The molecule has 1 amide bonds. The average molecular weight is 469 g/mol. The molecule has 1 atom stereocenters. The van der Waals surface area contributed by atoms with Crippen LogP contribution < -0.4 is 0 Å². The van der Waals surface area contributed by atoms with Crippen LogP contribution >= 0.6 is 0 Å². The van der Waals surface area contributed by atoms with E-state index in [0.29, 0.717) is 25.1 Å². The number of carbonyl (C=O) groups excluding carboxylic acids is 3. The molecule has 0 bridgehead atoms. The van der Waals surface area contributed by atoms with Gasteiger partial charge in [-0.2, -0.15) is 0 Å². The van der Waals surface area contributed by atoms with Gasteiger partial charge in [-0.05, 0) is 69.3 Å². The molecule has 34 heavy (non-hydrogen) atoms. The Bertz CT molecular complexity index is 1040. The number of likely N-dealkylation sites (tertiary alicyclic amines) is 2. The molecule has 4 aliphatic rings. The number of nitrogens with zero attached hydrogens (tertiary/aromatic N) is 2. The first kappa shape index (κ1) is 24.6.